The summed E-state index contributed by atoms with van der Waals surface area (Å²) < 4.78 is 0. The summed E-state index contributed by atoms with van der Waals surface area (Å²) in [6.07, 6.45) is 3.89. The van der Waals surface area contributed by atoms with Gasteiger partial charge in [0.05, 0.1) is 28.2 Å². The van der Waals surface area contributed by atoms with Crippen LogP contribution in [0.1, 0.15) is 22.3 Å². The molecule has 8 aromatic carbocycles. The largest absolute Gasteiger partial charge is 0.308 e. The Morgan fingerprint density at radius 2 is 0.971 bits per heavy atom. The zero-order valence-electron chi connectivity index (χ0n) is 37.0. The molecule has 69 heavy (non-hydrogen) atoms. The molecule has 6 nitrogen and oxygen atoms in total. The van der Waals surface area contributed by atoms with Crippen molar-refractivity contribution in [1.82, 2.24) is 24.9 Å². The molecule has 14 rings (SSSR count). The number of rotatable bonds is 6. The smallest absolute Gasteiger partial charge is 0.164 e. The highest BCUT2D eigenvalue weighted by molar-refractivity contribution is 8.00. The van der Waals surface area contributed by atoms with Gasteiger partial charge in [-0.2, -0.15) is 0 Å². The number of para-hydroxylation sites is 1. The van der Waals surface area contributed by atoms with Crippen molar-refractivity contribution in [3.05, 3.63) is 253 Å². The van der Waals surface area contributed by atoms with Gasteiger partial charge < -0.3 is 4.90 Å². The Hall–Kier alpha value is -8.78. The third-order valence-electron chi connectivity index (χ3n) is 13.8. The van der Waals surface area contributed by atoms with Gasteiger partial charge in [-0.05, 0) is 87.5 Å². The molecule has 0 radical (unpaired) electrons. The number of hydrogen-bond acceptors (Lipinski definition) is 7. The fourth-order valence-corrected chi connectivity index (χ4v) is 12.0. The van der Waals surface area contributed by atoms with Crippen molar-refractivity contribution < 1.29 is 0 Å². The van der Waals surface area contributed by atoms with Crippen LogP contribution in [0, 0.1) is 0 Å². The van der Waals surface area contributed by atoms with Crippen molar-refractivity contribution in [2.75, 3.05) is 4.90 Å². The van der Waals surface area contributed by atoms with Crippen LogP contribution in [0.25, 0.3) is 78.9 Å². The van der Waals surface area contributed by atoms with Crippen molar-refractivity contribution in [3.63, 3.8) is 0 Å². The van der Waals surface area contributed by atoms with E-state index in [0.29, 0.717) is 17.5 Å². The fourth-order valence-electron chi connectivity index (χ4n) is 10.8. The van der Waals surface area contributed by atoms with Crippen LogP contribution in [0.4, 0.5) is 17.1 Å². The molecule has 0 fully saturated rings. The molecular formula is C62H38N6S. The molecule has 2 aliphatic carbocycles. The lowest BCUT2D eigenvalue weighted by molar-refractivity contribution is 0.788. The van der Waals surface area contributed by atoms with E-state index in [0.717, 1.165) is 61.7 Å². The van der Waals surface area contributed by atoms with Gasteiger partial charge in [0.15, 0.2) is 17.5 Å². The minimum absolute atomic E-state index is 0.607. The molecule has 0 saturated carbocycles. The maximum atomic E-state index is 5.33. The maximum Gasteiger partial charge on any atom is 0.164 e. The molecule has 0 amide bonds. The van der Waals surface area contributed by atoms with E-state index in [2.05, 4.69) is 163 Å². The first kappa shape index (κ1) is 39.4. The summed E-state index contributed by atoms with van der Waals surface area (Å²) in [5.74, 6) is 1.86. The predicted molar refractivity (Wildman–Crippen MR) is 278 cm³/mol. The van der Waals surface area contributed by atoms with Crippen LogP contribution >= 0.6 is 11.8 Å². The van der Waals surface area contributed by atoms with Crippen LogP contribution in [0.2, 0.25) is 0 Å². The molecule has 0 bridgehead atoms. The Morgan fingerprint density at radius 1 is 0.377 bits per heavy atom. The lowest BCUT2D eigenvalue weighted by atomic mass is 9.70. The summed E-state index contributed by atoms with van der Waals surface area (Å²) in [6, 6.07) is 77.4. The van der Waals surface area contributed by atoms with Gasteiger partial charge in [0.1, 0.15) is 0 Å². The Morgan fingerprint density at radius 3 is 1.72 bits per heavy atom. The Balaban J connectivity index is 0.935. The van der Waals surface area contributed by atoms with Crippen LogP contribution in [0.5, 0.6) is 0 Å². The van der Waals surface area contributed by atoms with E-state index in [9.17, 15) is 0 Å². The molecule has 0 N–H and O–H groups in total. The van der Waals surface area contributed by atoms with Crippen molar-refractivity contribution in [2.45, 2.75) is 15.2 Å². The van der Waals surface area contributed by atoms with Gasteiger partial charge in [-0.3, -0.25) is 9.97 Å². The fraction of sp³-hybridized carbons (Fsp3) is 0.0161. The van der Waals surface area contributed by atoms with Crippen molar-refractivity contribution in [3.8, 4) is 78.9 Å². The molecule has 3 aromatic heterocycles. The number of aromatic nitrogens is 5. The number of nitrogens with zero attached hydrogens (tertiary/aromatic N) is 6. The SMILES string of the molecule is c1ccc(-c2ccc(N3c4ccccc4Sc4c3ccc3c4-c4ccccc4C34c3cccnc3-c3ncc(-c5cccc(-c6nc(-c7ccccc7)nc(-c7ccccc7)n6)c5)cc34)cc2)cc1. The number of anilines is 3. The van der Waals surface area contributed by atoms with E-state index in [1.807, 2.05) is 84.8 Å². The van der Waals surface area contributed by atoms with E-state index >= 15 is 0 Å². The second kappa shape index (κ2) is 15.7. The molecule has 11 aromatic rings. The lowest BCUT2D eigenvalue weighted by Crippen LogP contribution is -2.26. The van der Waals surface area contributed by atoms with Gasteiger partial charge in [-0.15, -0.1) is 0 Å². The van der Waals surface area contributed by atoms with Gasteiger partial charge in [-0.25, -0.2) is 15.0 Å². The molecule has 1 aliphatic heterocycles. The van der Waals surface area contributed by atoms with Crippen LogP contribution < -0.4 is 4.90 Å². The second-order valence-electron chi connectivity index (χ2n) is 17.6. The number of fused-ring (bicyclic) bond motifs is 13. The average Bonchev–Trinajstić information content (AvgIpc) is 3.90. The predicted octanol–water partition coefficient (Wildman–Crippen LogP) is 15.3. The first-order valence-electron chi connectivity index (χ1n) is 23.1. The highest BCUT2D eigenvalue weighted by Crippen LogP contribution is 2.66. The first-order valence-corrected chi connectivity index (χ1v) is 24.0. The monoisotopic (exact) mass is 898 g/mol. The van der Waals surface area contributed by atoms with E-state index in [1.165, 1.54) is 48.9 Å². The number of benzene rings is 8. The van der Waals surface area contributed by atoms with Gasteiger partial charge in [0.2, 0.25) is 0 Å². The lowest BCUT2D eigenvalue weighted by Gasteiger charge is -2.35. The standard InChI is InChI=1S/C62H38N6S/c1-4-16-39(17-5-1)40-29-31-46(32-30-40)68-52-27-12-13-28-54(52)69-58-53(68)34-33-49-55(58)47-24-10-11-25-48(47)62(49)50-26-15-35-63-56(50)57-51(62)37-45(38-64-57)43-22-14-23-44(36-43)61-66-59(41-18-6-2-7-19-41)65-60(67-61)42-20-8-3-9-21-42/h1-38H. The third kappa shape index (κ3) is 6.10. The Kier molecular flexibility index (Phi) is 8.94. The summed E-state index contributed by atoms with van der Waals surface area (Å²) in [5, 5.41) is 0. The summed E-state index contributed by atoms with van der Waals surface area (Å²) in [4.78, 5) is 30.4. The van der Waals surface area contributed by atoms with Gasteiger partial charge in [0, 0.05) is 61.3 Å². The van der Waals surface area contributed by atoms with E-state index in [-0.39, 0.29) is 0 Å². The van der Waals surface area contributed by atoms with Crippen molar-refractivity contribution >= 4 is 28.8 Å². The molecule has 3 aliphatic rings. The summed E-state index contributed by atoms with van der Waals surface area (Å²) >= 11 is 1.86. The van der Waals surface area contributed by atoms with Gasteiger partial charge in [0.25, 0.3) is 0 Å². The zero-order valence-corrected chi connectivity index (χ0v) is 37.8. The molecule has 1 unspecified atom stereocenters. The summed E-state index contributed by atoms with van der Waals surface area (Å²) in [6.45, 7) is 0. The normalized spacial score (nSPS) is 14.6. The highest BCUT2D eigenvalue weighted by atomic mass is 32.2. The maximum absolute atomic E-state index is 5.33. The molecule has 322 valence electrons. The number of pyridine rings is 2. The van der Waals surface area contributed by atoms with Gasteiger partial charge >= 0.3 is 0 Å². The Bertz CT molecular complexity index is 3770. The van der Waals surface area contributed by atoms with Gasteiger partial charge in [-0.1, -0.05) is 182 Å². The van der Waals surface area contributed by atoms with Crippen LogP contribution in [0.3, 0.4) is 0 Å². The third-order valence-corrected chi connectivity index (χ3v) is 15.0. The van der Waals surface area contributed by atoms with E-state index in [1.54, 1.807) is 0 Å². The zero-order chi connectivity index (χ0) is 45.5. The minimum Gasteiger partial charge on any atom is -0.308 e. The molecule has 0 saturated heterocycles. The topological polar surface area (TPSA) is 67.7 Å². The van der Waals surface area contributed by atoms with Crippen molar-refractivity contribution in [1.29, 1.82) is 0 Å². The first-order chi connectivity index (χ1) is 34.2. The van der Waals surface area contributed by atoms with Crippen LogP contribution in [-0.2, 0) is 5.41 Å². The molecule has 4 heterocycles. The highest BCUT2D eigenvalue weighted by Gasteiger charge is 2.54. The van der Waals surface area contributed by atoms with E-state index < -0.39 is 5.41 Å². The molecule has 1 atom stereocenters. The van der Waals surface area contributed by atoms with Crippen molar-refractivity contribution in [2.24, 2.45) is 0 Å². The quantitative estimate of drug-likeness (QED) is 0.165. The number of hydrogen-bond donors (Lipinski definition) is 0. The summed E-state index contributed by atoms with van der Waals surface area (Å²) in [7, 11) is 0. The Labute approximate surface area is 403 Å². The molecule has 7 heteroatoms. The molecular weight excluding hydrogens is 861 g/mol. The van der Waals surface area contributed by atoms with Crippen LogP contribution in [-0.4, -0.2) is 24.9 Å². The average molecular weight is 899 g/mol. The summed E-state index contributed by atoms with van der Waals surface area (Å²) in [5.41, 5.74) is 19.0. The minimum atomic E-state index is -0.663. The van der Waals surface area contributed by atoms with Crippen LogP contribution in [0.15, 0.2) is 241 Å². The van der Waals surface area contributed by atoms with E-state index in [4.69, 9.17) is 24.9 Å². The molecule has 1 spiro atoms. The second-order valence-corrected chi connectivity index (χ2v) is 18.6.